The zero-order valence-electron chi connectivity index (χ0n) is 13.7. The fourth-order valence-corrected chi connectivity index (χ4v) is 3.34. The zero-order chi connectivity index (χ0) is 16.5. The fourth-order valence-electron chi connectivity index (χ4n) is 3.34. The molecule has 4 nitrogen and oxygen atoms in total. The number of benzene rings is 2. The monoisotopic (exact) mass is 323 g/mol. The molecule has 24 heavy (non-hydrogen) atoms. The van der Waals surface area contributed by atoms with E-state index in [1.807, 2.05) is 25.1 Å². The molecule has 1 aliphatic rings. The van der Waals surface area contributed by atoms with Crippen molar-refractivity contribution in [3.8, 4) is 0 Å². The summed E-state index contributed by atoms with van der Waals surface area (Å²) in [6.45, 7) is 2.29. The topological polar surface area (TPSA) is 61.4 Å². The van der Waals surface area contributed by atoms with Crippen LogP contribution in [0.15, 0.2) is 46.9 Å². The zero-order valence-corrected chi connectivity index (χ0v) is 13.7. The molecule has 1 N–H and O–H groups in total. The van der Waals surface area contributed by atoms with E-state index < -0.39 is 0 Å². The van der Waals surface area contributed by atoms with Gasteiger partial charge in [-0.15, -0.1) is 0 Å². The summed E-state index contributed by atoms with van der Waals surface area (Å²) in [7, 11) is 0. The summed E-state index contributed by atoms with van der Waals surface area (Å²) in [5.74, 6) is -0.117. The Bertz CT molecular complexity index is 883. The van der Waals surface area contributed by atoms with Gasteiger partial charge >= 0.3 is 5.97 Å². The van der Waals surface area contributed by atoms with Crippen molar-refractivity contribution in [1.82, 2.24) is 5.32 Å². The molecule has 3 aromatic rings. The van der Waals surface area contributed by atoms with Gasteiger partial charge in [0.25, 0.3) is 0 Å². The Balaban J connectivity index is 1.39. The van der Waals surface area contributed by atoms with Gasteiger partial charge in [-0.1, -0.05) is 24.3 Å². The summed E-state index contributed by atoms with van der Waals surface area (Å²) in [6, 6.07) is 14.7. The molecule has 1 saturated heterocycles. The lowest BCUT2D eigenvalue weighted by Crippen LogP contribution is -2.14. The quantitative estimate of drug-likeness (QED) is 0.553. The first kappa shape index (κ1) is 15.2. The third kappa shape index (κ3) is 2.89. The second-order valence-electron chi connectivity index (χ2n) is 6.32. The number of aryl methyl sites for hydroxylation is 1. The Morgan fingerprint density at radius 1 is 1.17 bits per heavy atom. The van der Waals surface area contributed by atoms with Gasteiger partial charge in [0, 0.05) is 16.8 Å². The van der Waals surface area contributed by atoms with Crippen LogP contribution in [0.3, 0.4) is 0 Å². The predicted octanol–water partition coefficient (Wildman–Crippen LogP) is 3.81. The Hall–Kier alpha value is -2.33. The number of furan rings is 1. The van der Waals surface area contributed by atoms with E-state index >= 15 is 0 Å². The van der Waals surface area contributed by atoms with Gasteiger partial charge in [0.15, 0.2) is 0 Å². The lowest BCUT2D eigenvalue weighted by molar-refractivity contribution is -0.142. The number of para-hydroxylation sites is 1. The maximum absolute atomic E-state index is 11.6. The van der Waals surface area contributed by atoms with Gasteiger partial charge in [0.05, 0.1) is 6.61 Å². The average molecular weight is 323 g/mol. The summed E-state index contributed by atoms with van der Waals surface area (Å²) < 4.78 is 10.9. The van der Waals surface area contributed by atoms with Crippen LogP contribution in [0, 0.1) is 0 Å². The van der Waals surface area contributed by atoms with Crippen molar-refractivity contribution in [2.75, 3.05) is 6.61 Å². The van der Waals surface area contributed by atoms with E-state index in [2.05, 4.69) is 29.6 Å². The first-order chi connectivity index (χ1) is 11.8. The van der Waals surface area contributed by atoms with Crippen molar-refractivity contribution in [2.45, 2.75) is 38.3 Å². The molecule has 0 amide bonds. The number of fused-ring (bicyclic) bond motifs is 3. The summed E-state index contributed by atoms with van der Waals surface area (Å²) in [6.07, 6.45) is 3.05. The van der Waals surface area contributed by atoms with Crippen LogP contribution in [0.1, 0.15) is 25.3 Å². The number of nitrogens with one attached hydrogen (secondary N) is 1. The lowest BCUT2D eigenvalue weighted by Gasteiger charge is -2.02. The predicted molar refractivity (Wildman–Crippen MR) is 94.0 cm³/mol. The number of carbonyl (C=O) groups excluding carboxylic acids is 1. The number of ether oxygens (including phenoxy) is 1. The molecule has 4 heteroatoms. The standard InChI is InChI=1S/C20H21NO3/c1-2-23-20(22)19-16(21-19)8-5-6-13-10-11-18-15(12-13)14-7-3-4-9-17(14)24-18/h3-4,7,9-12,16,19,21H,2,5-6,8H2,1H3. The van der Waals surface area contributed by atoms with Gasteiger partial charge in [-0.2, -0.15) is 0 Å². The molecule has 0 spiro atoms. The normalized spacial score (nSPS) is 19.7. The molecule has 2 heterocycles. The van der Waals surface area contributed by atoms with Crippen LogP contribution < -0.4 is 5.32 Å². The smallest absolute Gasteiger partial charge is 0.324 e. The molecule has 2 unspecified atom stereocenters. The van der Waals surface area contributed by atoms with Gasteiger partial charge in [0.1, 0.15) is 17.2 Å². The number of carbonyl (C=O) groups is 1. The van der Waals surface area contributed by atoms with E-state index in [-0.39, 0.29) is 18.1 Å². The van der Waals surface area contributed by atoms with E-state index in [1.54, 1.807) is 0 Å². The van der Waals surface area contributed by atoms with Gasteiger partial charge in [-0.3, -0.25) is 10.1 Å². The van der Waals surface area contributed by atoms with Gasteiger partial charge in [0.2, 0.25) is 0 Å². The van der Waals surface area contributed by atoms with Gasteiger partial charge in [-0.25, -0.2) is 0 Å². The molecule has 1 fully saturated rings. The first-order valence-corrected chi connectivity index (χ1v) is 8.59. The molecule has 0 saturated carbocycles. The van der Waals surface area contributed by atoms with Crippen LogP contribution in [0.5, 0.6) is 0 Å². The van der Waals surface area contributed by atoms with E-state index in [1.165, 1.54) is 16.3 Å². The number of hydrogen-bond acceptors (Lipinski definition) is 4. The minimum Gasteiger partial charge on any atom is -0.465 e. The number of esters is 1. The SMILES string of the molecule is CCOC(=O)C1NC1CCCc1ccc2oc3ccccc3c2c1. The molecule has 0 radical (unpaired) electrons. The molecular formula is C20H21NO3. The Labute approximate surface area is 140 Å². The van der Waals surface area contributed by atoms with Crippen molar-refractivity contribution >= 4 is 27.9 Å². The highest BCUT2D eigenvalue weighted by Gasteiger charge is 2.42. The minimum absolute atomic E-state index is 0.0924. The average Bonchev–Trinajstić information content (AvgIpc) is 3.27. The molecule has 0 aliphatic carbocycles. The summed E-state index contributed by atoms with van der Waals surface area (Å²) >= 11 is 0. The van der Waals surface area contributed by atoms with Crippen LogP contribution in [-0.4, -0.2) is 24.7 Å². The molecular weight excluding hydrogens is 302 g/mol. The molecule has 1 aliphatic heterocycles. The molecule has 0 bridgehead atoms. The second kappa shape index (κ2) is 6.29. The van der Waals surface area contributed by atoms with Crippen molar-refractivity contribution in [2.24, 2.45) is 0 Å². The van der Waals surface area contributed by atoms with Gasteiger partial charge in [-0.05, 0) is 49.9 Å². The van der Waals surface area contributed by atoms with Crippen LogP contribution in [0.2, 0.25) is 0 Å². The summed E-state index contributed by atoms with van der Waals surface area (Å²) in [4.78, 5) is 11.6. The highest BCUT2D eigenvalue weighted by atomic mass is 16.5. The van der Waals surface area contributed by atoms with Crippen molar-refractivity contribution in [3.63, 3.8) is 0 Å². The van der Waals surface area contributed by atoms with Gasteiger partial charge < -0.3 is 9.15 Å². The van der Waals surface area contributed by atoms with E-state index in [4.69, 9.17) is 9.15 Å². The van der Waals surface area contributed by atoms with Crippen molar-refractivity contribution < 1.29 is 13.9 Å². The molecule has 2 aromatic carbocycles. The van der Waals surface area contributed by atoms with E-state index in [9.17, 15) is 4.79 Å². The van der Waals surface area contributed by atoms with Crippen molar-refractivity contribution in [1.29, 1.82) is 0 Å². The van der Waals surface area contributed by atoms with Crippen LogP contribution >= 0.6 is 0 Å². The Morgan fingerprint density at radius 2 is 2.00 bits per heavy atom. The van der Waals surface area contributed by atoms with Crippen LogP contribution in [-0.2, 0) is 16.0 Å². The largest absolute Gasteiger partial charge is 0.465 e. The summed E-state index contributed by atoms with van der Waals surface area (Å²) in [5.41, 5.74) is 3.18. The van der Waals surface area contributed by atoms with Crippen LogP contribution in [0.25, 0.3) is 21.9 Å². The highest BCUT2D eigenvalue weighted by Crippen LogP contribution is 2.29. The Kier molecular flexibility index (Phi) is 3.98. The van der Waals surface area contributed by atoms with Crippen LogP contribution in [0.4, 0.5) is 0 Å². The molecule has 4 rings (SSSR count). The first-order valence-electron chi connectivity index (χ1n) is 8.59. The number of hydrogen-bond donors (Lipinski definition) is 1. The van der Waals surface area contributed by atoms with E-state index in [0.717, 1.165) is 30.4 Å². The van der Waals surface area contributed by atoms with Crippen molar-refractivity contribution in [3.05, 3.63) is 48.0 Å². The Morgan fingerprint density at radius 3 is 2.88 bits per heavy atom. The van der Waals surface area contributed by atoms with E-state index in [0.29, 0.717) is 6.61 Å². The maximum atomic E-state index is 11.6. The lowest BCUT2D eigenvalue weighted by atomic mass is 10.0. The number of rotatable bonds is 6. The minimum atomic E-state index is -0.117. The third-order valence-electron chi connectivity index (χ3n) is 4.65. The third-order valence-corrected chi connectivity index (χ3v) is 4.65. The maximum Gasteiger partial charge on any atom is 0.324 e. The highest BCUT2D eigenvalue weighted by molar-refractivity contribution is 6.04. The molecule has 1 aromatic heterocycles. The second-order valence-corrected chi connectivity index (χ2v) is 6.32. The summed E-state index contributed by atoms with van der Waals surface area (Å²) in [5, 5.41) is 5.54. The fraction of sp³-hybridized carbons (Fsp3) is 0.350. The molecule has 2 atom stereocenters. The molecule has 124 valence electrons.